The van der Waals surface area contributed by atoms with Crippen LogP contribution in [0.2, 0.25) is 0 Å². The van der Waals surface area contributed by atoms with Crippen LogP contribution in [0.15, 0.2) is 76.7 Å². The molecule has 0 spiro atoms. The zero-order valence-corrected chi connectivity index (χ0v) is 20.7. The minimum Gasteiger partial charge on any atom is -0.504 e. The maximum Gasteiger partial charge on any atom is 0.255 e. The summed E-state index contributed by atoms with van der Waals surface area (Å²) in [6.07, 6.45) is 1.27. The second-order valence-electron chi connectivity index (χ2n) is 8.00. The van der Waals surface area contributed by atoms with Crippen molar-refractivity contribution < 1.29 is 23.1 Å². The summed E-state index contributed by atoms with van der Waals surface area (Å²) in [4.78, 5) is 12.8. The average molecular weight is 496 g/mol. The number of carbonyl (C=O) groups excluding carboxylic acids is 1. The first-order valence-corrected chi connectivity index (χ1v) is 12.5. The van der Waals surface area contributed by atoms with E-state index in [9.17, 15) is 18.3 Å². The van der Waals surface area contributed by atoms with Gasteiger partial charge in [0.15, 0.2) is 11.5 Å². The molecule has 3 aromatic rings. The Labute approximate surface area is 205 Å². The minimum atomic E-state index is -3.96. The standard InChI is InChI=1S/C26H29N3O5S/c1-4-34-24-10-6-9-22(26(24)31)16-27-28-25(30)18-29(17-21-8-5-7-20(3)15-21)35(32,33)23-13-11-19(2)12-14-23/h5-16,31H,4,17-18H2,1-3H3,(H,28,30)/b27-16-. The molecule has 9 heteroatoms. The summed E-state index contributed by atoms with van der Waals surface area (Å²) in [7, 11) is -3.96. The number of aromatic hydroxyl groups is 1. The number of rotatable bonds is 10. The number of hydrogen-bond donors (Lipinski definition) is 2. The van der Waals surface area contributed by atoms with Crippen molar-refractivity contribution >= 4 is 22.1 Å². The van der Waals surface area contributed by atoms with Gasteiger partial charge in [0.05, 0.1) is 24.3 Å². The number of ether oxygens (including phenoxy) is 1. The van der Waals surface area contributed by atoms with Crippen molar-refractivity contribution in [1.29, 1.82) is 0 Å². The molecule has 0 bridgehead atoms. The van der Waals surface area contributed by atoms with E-state index in [-0.39, 0.29) is 17.2 Å². The first-order valence-electron chi connectivity index (χ1n) is 11.1. The van der Waals surface area contributed by atoms with Crippen LogP contribution in [0.4, 0.5) is 0 Å². The molecule has 0 saturated heterocycles. The Morgan fingerprint density at radius 1 is 1.06 bits per heavy atom. The summed E-state index contributed by atoms with van der Waals surface area (Å²) < 4.78 is 33.2. The first-order chi connectivity index (χ1) is 16.7. The highest BCUT2D eigenvalue weighted by molar-refractivity contribution is 7.89. The summed E-state index contributed by atoms with van der Waals surface area (Å²) in [5, 5.41) is 14.1. The monoisotopic (exact) mass is 495 g/mol. The predicted octanol–water partition coefficient (Wildman–Crippen LogP) is 3.75. The summed E-state index contributed by atoms with van der Waals surface area (Å²) in [5.41, 5.74) is 5.36. The van der Waals surface area contributed by atoms with Crippen LogP contribution in [-0.2, 0) is 21.4 Å². The summed E-state index contributed by atoms with van der Waals surface area (Å²) in [5.74, 6) is -0.420. The molecule has 0 aliphatic carbocycles. The number of aryl methyl sites for hydroxylation is 2. The van der Waals surface area contributed by atoms with Crippen LogP contribution < -0.4 is 10.2 Å². The number of nitrogens with zero attached hydrogens (tertiary/aromatic N) is 2. The average Bonchev–Trinajstić information content (AvgIpc) is 2.81. The van der Waals surface area contributed by atoms with Crippen LogP contribution in [0.25, 0.3) is 0 Å². The Hall–Kier alpha value is -3.69. The zero-order valence-electron chi connectivity index (χ0n) is 19.9. The van der Waals surface area contributed by atoms with Gasteiger partial charge in [0.25, 0.3) is 5.91 Å². The fourth-order valence-corrected chi connectivity index (χ4v) is 4.77. The number of amides is 1. The molecule has 0 saturated carbocycles. The van der Waals surface area contributed by atoms with Gasteiger partial charge in [0.1, 0.15) is 0 Å². The van der Waals surface area contributed by atoms with Gasteiger partial charge in [-0.15, -0.1) is 0 Å². The Kier molecular flexibility index (Phi) is 8.62. The maximum atomic E-state index is 13.4. The van der Waals surface area contributed by atoms with Gasteiger partial charge in [-0.05, 0) is 50.6 Å². The van der Waals surface area contributed by atoms with E-state index in [2.05, 4.69) is 10.5 Å². The predicted molar refractivity (Wildman–Crippen MR) is 135 cm³/mol. The Morgan fingerprint density at radius 3 is 2.46 bits per heavy atom. The Bertz CT molecular complexity index is 1300. The molecule has 0 aromatic heterocycles. The van der Waals surface area contributed by atoms with Gasteiger partial charge in [-0.25, -0.2) is 13.8 Å². The van der Waals surface area contributed by atoms with Gasteiger partial charge in [0, 0.05) is 12.1 Å². The molecule has 0 fully saturated rings. The number of hydrogen-bond acceptors (Lipinski definition) is 6. The third-order valence-corrected chi connectivity index (χ3v) is 6.95. The lowest BCUT2D eigenvalue weighted by atomic mass is 10.1. The molecule has 0 unspecified atom stereocenters. The van der Waals surface area contributed by atoms with Crippen LogP contribution in [0.1, 0.15) is 29.2 Å². The van der Waals surface area contributed by atoms with Crippen molar-refractivity contribution in [2.45, 2.75) is 32.2 Å². The van der Waals surface area contributed by atoms with Gasteiger partial charge in [-0.1, -0.05) is 53.6 Å². The number of phenols is 1. The highest BCUT2D eigenvalue weighted by Gasteiger charge is 2.27. The number of nitrogens with one attached hydrogen (secondary N) is 1. The number of phenolic OH excluding ortho intramolecular Hbond substituents is 1. The van der Waals surface area contributed by atoms with Gasteiger partial charge in [-0.2, -0.15) is 9.41 Å². The molecule has 35 heavy (non-hydrogen) atoms. The fraction of sp³-hybridized carbons (Fsp3) is 0.231. The van der Waals surface area contributed by atoms with Crippen molar-refractivity contribution in [3.63, 3.8) is 0 Å². The number of sulfonamides is 1. The van der Waals surface area contributed by atoms with Crippen LogP contribution in [0.3, 0.4) is 0 Å². The SMILES string of the molecule is CCOc1cccc(/C=N\NC(=O)CN(Cc2cccc(C)c2)S(=O)(=O)c2ccc(C)cc2)c1O. The third kappa shape index (κ3) is 6.91. The van der Waals surface area contributed by atoms with Gasteiger partial charge >= 0.3 is 0 Å². The molecule has 3 rings (SSSR count). The molecule has 0 heterocycles. The van der Waals surface area contributed by atoms with E-state index in [1.807, 2.05) is 38.1 Å². The summed E-state index contributed by atoms with van der Waals surface area (Å²) >= 11 is 0. The van der Waals surface area contributed by atoms with E-state index >= 15 is 0 Å². The molecule has 8 nitrogen and oxygen atoms in total. The molecule has 1 amide bonds. The molecule has 0 aliphatic heterocycles. The van der Waals surface area contributed by atoms with E-state index < -0.39 is 22.5 Å². The summed E-state index contributed by atoms with van der Waals surface area (Å²) in [6, 6.07) is 18.8. The Balaban J connectivity index is 1.79. The largest absolute Gasteiger partial charge is 0.504 e. The number of carbonyl (C=O) groups is 1. The smallest absolute Gasteiger partial charge is 0.255 e. The van der Waals surface area contributed by atoms with Crippen LogP contribution in [0.5, 0.6) is 11.5 Å². The lowest BCUT2D eigenvalue weighted by molar-refractivity contribution is -0.121. The van der Waals surface area contributed by atoms with E-state index in [1.165, 1.54) is 18.3 Å². The quantitative estimate of drug-likeness (QED) is 0.329. The molecule has 0 atom stereocenters. The minimum absolute atomic E-state index is 0.0201. The lowest BCUT2D eigenvalue weighted by Gasteiger charge is -2.22. The first kappa shape index (κ1) is 25.9. The van der Waals surface area contributed by atoms with Crippen molar-refractivity contribution in [2.24, 2.45) is 5.10 Å². The van der Waals surface area contributed by atoms with Gasteiger partial charge < -0.3 is 9.84 Å². The molecular weight excluding hydrogens is 466 g/mol. The van der Waals surface area contributed by atoms with E-state index in [4.69, 9.17) is 4.74 Å². The van der Waals surface area contributed by atoms with Crippen molar-refractivity contribution in [3.8, 4) is 11.5 Å². The van der Waals surface area contributed by atoms with Crippen molar-refractivity contribution in [2.75, 3.05) is 13.2 Å². The van der Waals surface area contributed by atoms with Crippen LogP contribution in [0, 0.1) is 13.8 Å². The molecule has 0 radical (unpaired) electrons. The second-order valence-corrected chi connectivity index (χ2v) is 9.93. The lowest BCUT2D eigenvalue weighted by Crippen LogP contribution is -2.39. The van der Waals surface area contributed by atoms with Crippen molar-refractivity contribution in [1.82, 2.24) is 9.73 Å². The zero-order chi connectivity index (χ0) is 25.4. The maximum absolute atomic E-state index is 13.4. The van der Waals surface area contributed by atoms with Gasteiger partial charge in [0.2, 0.25) is 10.0 Å². The van der Waals surface area contributed by atoms with Gasteiger partial charge in [-0.3, -0.25) is 4.79 Å². The molecule has 184 valence electrons. The molecule has 3 aromatic carbocycles. The Morgan fingerprint density at radius 2 is 1.77 bits per heavy atom. The molecule has 0 aliphatic rings. The van der Waals surface area contributed by atoms with Crippen LogP contribution >= 0.6 is 0 Å². The van der Waals surface area contributed by atoms with Crippen LogP contribution in [-0.4, -0.2) is 43.1 Å². The number of para-hydroxylation sites is 1. The van der Waals surface area contributed by atoms with E-state index in [0.29, 0.717) is 17.9 Å². The second kappa shape index (κ2) is 11.6. The van der Waals surface area contributed by atoms with Crippen molar-refractivity contribution in [3.05, 3.63) is 89.0 Å². The highest BCUT2D eigenvalue weighted by atomic mass is 32.2. The van der Waals surface area contributed by atoms with E-state index in [0.717, 1.165) is 21.0 Å². The topological polar surface area (TPSA) is 108 Å². The molecular formula is C26H29N3O5S. The number of hydrazone groups is 1. The number of benzene rings is 3. The molecule has 2 N–H and O–H groups in total. The van der Waals surface area contributed by atoms with E-state index in [1.54, 1.807) is 37.3 Å². The fourth-order valence-electron chi connectivity index (χ4n) is 3.38. The third-order valence-electron chi connectivity index (χ3n) is 5.14. The normalized spacial score (nSPS) is 11.7. The highest BCUT2D eigenvalue weighted by Crippen LogP contribution is 2.28. The summed E-state index contributed by atoms with van der Waals surface area (Å²) in [6.45, 7) is 5.55.